The fraction of sp³-hybridized carbons (Fsp3) is 0.300. The second-order valence-corrected chi connectivity index (χ2v) is 3.27. The third-order valence-electron chi connectivity index (χ3n) is 1.76. The van der Waals surface area contributed by atoms with Crippen LogP contribution in [0.3, 0.4) is 0 Å². The number of benzene rings is 1. The zero-order chi connectivity index (χ0) is 10.7. The first-order valence-corrected chi connectivity index (χ1v) is 4.28. The number of aromatic hydroxyl groups is 1. The molecule has 1 unspecified atom stereocenters. The Balaban J connectivity index is 2.94. The molecule has 3 nitrogen and oxygen atoms in total. The number of Topliss-reactive ketones (excluding diaryl/α,β-unsaturated/α-hetero) is 1. The molecule has 0 spiro atoms. The number of phenols is 1. The molecule has 14 heavy (non-hydrogen) atoms. The van der Waals surface area contributed by atoms with Crippen molar-refractivity contribution in [2.24, 2.45) is 5.73 Å². The van der Waals surface area contributed by atoms with Crippen LogP contribution in [-0.4, -0.2) is 16.9 Å². The zero-order valence-electron chi connectivity index (χ0n) is 7.83. The number of hydrogen-bond acceptors (Lipinski definition) is 3. The summed E-state index contributed by atoms with van der Waals surface area (Å²) in [7, 11) is 0. The molecule has 0 radical (unpaired) electrons. The van der Waals surface area contributed by atoms with Gasteiger partial charge < -0.3 is 10.8 Å². The number of nitrogens with two attached hydrogens (primary N) is 1. The Kier molecular flexibility index (Phi) is 3.19. The molecule has 0 aliphatic rings. The van der Waals surface area contributed by atoms with Crippen molar-refractivity contribution in [2.75, 3.05) is 0 Å². The van der Waals surface area contributed by atoms with Gasteiger partial charge in [0.1, 0.15) is 11.6 Å². The third-order valence-corrected chi connectivity index (χ3v) is 1.76. The van der Waals surface area contributed by atoms with Crippen molar-refractivity contribution < 1.29 is 14.3 Å². The Labute approximate surface area is 81.4 Å². The van der Waals surface area contributed by atoms with E-state index >= 15 is 0 Å². The Hall–Kier alpha value is -1.42. The highest BCUT2D eigenvalue weighted by Gasteiger charge is 2.13. The van der Waals surface area contributed by atoms with Crippen LogP contribution in [0, 0.1) is 5.82 Å². The fourth-order valence-electron chi connectivity index (χ4n) is 1.13. The summed E-state index contributed by atoms with van der Waals surface area (Å²) in [5.74, 6) is -1.15. The van der Waals surface area contributed by atoms with Gasteiger partial charge in [-0.05, 0) is 25.1 Å². The highest BCUT2D eigenvalue weighted by molar-refractivity contribution is 5.97. The van der Waals surface area contributed by atoms with Crippen molar-refractivity contribution in [1.29, 1.82) is 0 Å². The van der Waals surface area contributed by atoms with Gasteiger partial charge in [0, 0.05) is 12.5 Å². The van der Waals surface area contributed by atoms with E-state index in [0.29, 0.717) is 0 Å². The summed E-state index contributed by atoms with van der Waals surface area (Å²) in [6.45, 7) is 1.67. The number of halogens is 1. The van der Waals surface area contributed by atoms with E-state index in [-0.39, 0.29) is 23.8 Å². The molecule has 0 saturated carbocycles. The summed E-state index contributed by atoms with van der Waals surface area (Å²) in [6.07, 6.45) is 0.0698. The van der Waals surface area contributed by atoms with Gasteiger partial charge in [-0.25, -0.2) is 4.39 Å². The van der Waals surface area contributed by atoms with E-state index in [1.807, 2.05) is 0 Å². The Bertz CT molecular complexity index is 350. The molecule has 1 aromatic rings. The lowest BCUT2D eigenvalue weighted by molar-refractivity contribution is 0.0972. The highest BCUT2D eigenvalue weighted by Crippen LogP contribution is 2.17. The number of carbonyl (C=O) groups excluding carboxylic acids is 1. The lowest BCUT2D eigenvalue weighted by Gasteiger charge is -2.05. The van der Waals surface area contributed by atoms with Crippen LogP contribution in [0.2, 0.25) is 0 Å². The van der Waals surface area contributed by atoms with Crippen molar-refractivity contribution in [3.63, 3.8) is 0 Å². The monoisotopic (exact) mass is 197 g/mol. The topological polar surface area (TPSA) is 63.3 Å². The summed E-state index contributed by atoms with van der Waals surface area (Å²) < 4.78 is 13.1. The maximum Gasteiger partial charge on any atom is 0.167 e. The first-order valence-electron chi connectivity index (χ1n) is 4.28. The van der Waals surface area contributed by atoms with Crippen molar-refractivity contribution in [3.8, 4) is 5.75 Å². The maximum absolute atomic E-state index is 13.1. The van der Waals surface area contributed by atoms with Crippen LogP contribution in [0.4, 0.5) is 4.39 Å². The van der Waals surface area contributed by atoms with Crippen LogP contribution in [0.15, 0.2) is 18.2 Å². The van der Waals surface area contributed by atoms with E-state index in [0.717, 1.165) is 12.1 Å². The predicted molar refractivity (Wildman–Crippen MR) is 50.7 cm³/mol. The van der Waals surface area contributed by atoms with Crippen molar-refractivity contribution in [2.45, 2.75) is 19.4 Å². The molecule has 0 fully saturated rings. The van der Waals surface area contributed by atoms with E-state index in [4.69, 9.17) is 10.8 Å². The average molecular weight is 197 g/mol. The standard InChI is InChI=1S/C10H12FNO2/c1-6(12)4-10(14)8-5-7(13)2-3-9(8)11/h2-3,5-6,13H,4,12H2,1H3. The molecular weight excluding hydrogens is 185 g/mol. The number of rotatable bonds is 3. The highest BCUT2D eigenvalue weighted by atomic mass is 19.1. The molecule has 0 aromatic heterocycles. The van der Waals surface area contributed by atoms with Crippen LogP contribution in [0.1, 0.15) is 23.7 Å². The van der Waals surface area contributed by atoms with Crippen molar-refractivity contribution in [3.05, 3.63) is 29.6 Å². The van der Waals surface area contributed by atoms with Crippen LogP contribution in [0.5, 0.6) is 5.75 Å². The van der Waals surface area contributed by atoms with Gasteiger partial charge in [0.2, 0.25) is 0 Å². The molecule has 0 aliphatic heterocycles. The molecule has 3 N–H and O–H groups in total. The first kappa shape index (κ1) is 10.7. The van der Waals surface area contributed by atoms with Crippen LogP contribution < -0.4 is 5.73 Å². The van der Waals surface area contributed by atoms with Gasteiger partial charge in [-0.1, -0.05) is 0 Å². The van der Waals surface area contributed by atoms with E-state index in [1.54, 1.807) is 6.92 Å². The van der Waals surface area contributed by atoms with E-state index in [1.165, 1.54) is 6.07 Å². The normalized spacial score (nSPS) is 12.5. The molecular formula is C10H12FNO2. The molecule has 0 aliphatic carbocycles. The number of carbonyl (C=O) groups is 1. The Morgan fingerprint density at radius 1 is 1.64 bits per heavy atom. The van der Waals surface area contributed by atoms with Gasteiger partial charge in [0.05, 0.1) is 5.56 Å². The Morgan fingerprint density at radius 2 is 2.29 bits per heavy atom. The summed E-state index contributed by atoms with van der Waals surface area (Å²) in [4.78, 5) is 11.4. The predicted octanol–water partition coefficient (Wildman–Crippen LogP) is 1.45. The van der Waals surface area contributed by atoms with E-state index in [2.05, 4.69) is 0 Å². The molecule has 1 rings (SSSR count). The van der Waals surface area contributed by atoms with Gasteiger partial charge in [0.15, 0.2) is 5.78 Å². The van der Waals surface area contributed by atoms with E-state index < -0.39 is 11.6 Å². The molecule has 0 bridgehead atoms. The van der Waals surface area contributed by atoms with Gasteiger partial charge >= 0.3 is 0 Å². The van der Waals surface area contributed by atoms with Crippen molar-refractivity contribution >= 4 is 5.78 Å². The lowest BCUT2D eigenvalue weighted by atomic mass is 10.0. The number of phenolic OH excluding ortho intramolecular Hbond substituents is 1. The number of ketones is 1. The summed E-state index contributed by atoms with van der Waals surface area (Å²) in [6, 6.07) is 3.05. The van der Waals surface area contributed by atoms with Gasteiger partial charge in [-0.15, -0.1) is 0 Å². The molecule has 1 atom stereocenters. The minimum absolute atomic E-state index is 0.0698. The smallest absolute Gasteiger partial charge is 0.167 e. The average Bonchev–Trinajstić information content (AvgIpc) is 2.08. The quantitative estimate of drug-likeness (QED) is 0.721. The molecule has 4 heteroatoms. The summed E-state index contributed by atoms with van der Waals surface area (Å²) in [5, 5.41) is 9.07. The van der Waals surface area contributed by atoms with Gasteiger partial charge in [0.25, 0.3) is 0 Å². The minimum Gasteiger partial charge on any atom is -0.508 e. The van der Waals surface area contributed by atoms with E-state index in [9.17, 15) is 9.18 Å². The Morgan fingerprint density at radius 3 is 2.86 bits per heavy atom. The SMILES string of the molecule is CC(N)CC(=O)c1cc(O)ccc1F. The summed E-state index contributed by atoms with van der Waals surface area (Å²) >= 11 is 0. The molecule has 1 aromatic carbocycles. The lowest BCUT2D eigenvalue weighted by Crippen LogP contribution is -2.20. The fourth-order valence-corrected chi connectivity index (χ4v) is 1.13. The second-order valence-electron chi connectivity index (χ2n) is 3.27. The van der Waals surface area contributed by atoms with Gasteiger partial charge in [-0.2, -0.15) is 0 Å². The molecule has 0 amide bonds. The van der Waals surface area contributed by atoms with Crippen LogP contribution >= 0.6 is 0 Å². The summed E-state index contributed by atoms with van der Waals surface area (Å²) in [5.41, 5.74) is 5.30. The van der Waals surface area contributed by atoms with Crippen LogP contribution in [0.25, 0.3) is 0 Å². The van der Waals surface area contributed by atoms with Crippen molar-refractivity contribution in [1.82, 2.24) is 0 Å². The first-order chi connectivity index (χ1) is 6.50. The number of hydrogen-bond donors (Lipinski definition) is 2. The third kappa shape index (κ3) is 2.53. The molecule has 0 saturated heterocycles. The molecule has 0 heterocycles. The molecule has 76 valence electrons. The van der Waals surface area contributed by atoms with Crippen LogP contribution in [-0.2, 0) is 0 Å². The maximum atomic E-state index is 13.1. The minimum atomic E-state index is -0.631. The second kappa shape index (κ2) is 4.19. The largest absolute Gasteiger partial charge is 0.508 e. The van der Waals surface area contributed by atoms with Gasteiger partial charge in [-0.3, -0.25) is 4.79 Å². The zero-order valence-corrected chi connectivity index (χ0v) is 7.83.